The van der Waals surface area contributed by atoms with Gasteiger partial charge >= 0.3 is 5.88 Å². The van der Waals surface area contributed by atoms with E-state index in [1.165, 1.54) is 0 Å². The molecular formula is C5H8FNO4S2. The first kappa shape index (κ1) is 12.3. The molecule has 0 unspecified atom stereocenters. The van der Waals surface area contributed by atoms with E-state index >= 15 is 0 Å². The molecule has 0 aliphatic carbocycles. The van der Waals surface area contributed by atoms with E-state index in [-0.39, 0.29) is 0 Å². The van der Waals surface area contributed by atoms with Gasteiger partial charge in [-0.3, -0.25) is 0 Å². The van der Waals surface area contributed by atoms with E-state index in [4.69, 9.17) is 17.7 Å². The van der Waals surface area contributed by atoms with Crippen molar-refractivity contribution in [2.75, 3.05) is 7.11 Å². The summed E-state index contributed by atoms with van der Waals surface area (Å²) in [5.41, 5.74) is 0. The van der Waals surface area contributed by atoms with Crippen molar-refractivity contribution in [3.05, 3.63) is 11.4 Å². The molecule has 0 aliphatic heterocycles. The summed E-state index contributed by atoms with van der Waals surface area (Å²) in [6.45, 7) is 0. The predicted octanol–water partition coefficient (Wildman–Crippen LogP) is -0.00270. The van der Waals surface area contributed by atoms with Crippen LogP contribution in [0.25, 0.3) is 0 Å². The van der Waals surface area contributed by atoms with Crippen molar-refractivity contribution in [1.29, 1.82) is 0 Å². The number of halogens is 1. The van der Waals surface area contributed by atoms with Gasteiger partial charge in [-0.2, -0.15) is 0 Å². The highest BCUT2D eigenvalue weighted by Crippen LogP contribution is 2.02. The molecule has 0 amide bonds. The van der Waals surface area contributed by atoms with Crippen molar-refractivity contribution in [1.82, 2.24) is 0 Å². The molecular weight excluding hydrogens is 221 g/mol. The smallest absolute Gasteiger partial charge is 0.381 e. The van der Waals surface area contributed by atoms with Crippen LogP contribution in [0.15, 0.2) is 11.4 Å². The van der Waals surface area contributed by atoms with Crippen LogP contribution >= 0.6 is 11.5 Å². The Hall–Kier alpha value is -0.730. The van der Waals surface area contributed by atoms with Gasteiger partial charge in [0.05, 0.1) is 18.6 Å². The first-order valence-corrected chi connectivity index (χ1v) is 5.12. The fourth-order valence-corrected chi connectivity index (χ4v) is 1.13. The molecule has 1 aromatic rings. The zero-order valence-electron chi connectivity index (χ0n) is 6.93. The largest absolute Gasteiger partial charge is 0.722 e. The Morgan fingerprint density at radius 1 is 1.69 bits per heavy atom. The minimum absolute atomic E-state index is 0.912. The van der Waals surface area contributed by atoms with Crippen LogP contribution in [0.4, 0.5) is 3.89 Å². The Balaban J connectivity index is 0.000000252. The maximum atomic E-state index is 10.1. The normalized spacial score (nSPS) is 10.2. The average molecular weight is 229 g/mol. The fourth-order valence-electron chi connectivity index (χ4n) is 0.533. The summed E-state index contributed by atoms with van der Waals surface area (Å²) in [6.07, 6.45) is 0. The second kappa shape index (κ2) is 5.10. The number of ether oxygens (including phenoxy) is 1. The lowest BCUT2D eigenvalue weighted by Gasteiger charge is -1.84. The SMILES string of the molecule is COc1ccs[n+]1C.O=S(=O)([O-])F. The van der Waals surface area contributed by atoms with E-state index in [2.05, 4.69) is 0 Å². The van der Waals surface area contributed by atoms with Crippen LogP contribution in [0.1, 0.15) is 0 Å². The van der Waals surface area contributed by atoms with E-state index in [1.807, 2.05) is 22.5 Å². The number of hydrogen-bond acceptors (Lipinski definition) is 5. The van der Waals surface area contributed by atoms with Gasteiger partial charge in [-0.1, -0.05) is 0 Å². The van der Waals surface area contributed by atoms with Crippen LogP contribution in [0.3, 0.4) is 0 Å². The zero-order chi connectivity index (χ0) is 10.5. The summed E-state index contributed by atoms with van der Waals surface area (Å²) in [5.74, 6) is 0.912. The highest BCUT2D eigenvalue weighted by atomic mass is 32.3. The van der Waals surface area contributed by atoms with Gasteiger partial charge in [0.2, 0.25) is 0 Å². The summed E-state index contributed by atoms with van der Waals surface area (Å²) in [7, 11) is -1.79. The molecule has 76 valence electrons. The summed E-state index contributed by atoms with van der Waals surface area (Å²) < 4.78 is 42.2. The van der Waals surface area contributed by atoms with Crippen LogP contribution in [-0.4, -0.2) is 20.1 Å². The maximum Gasteiger partial charge on any atom is 0.381 e. The second-order valence-corrected chi connectivity index (χ2v) is 3.66. The molecule has 0 fully saturated rings. The number of rotatable bonds is 1. The zero-order valence-corrected chi connectivity index (χ0v) is 8.56. The Morgan fingerprint density at radius 3 is 2.31 bits per heavy atom. The van der Waals surface area contributed by atoms with E-state index in [0.717, 1.165) is 5.88 Å². The van der Waals surface area contributed by atoms with Gasteiger partial charge in [0.1, 0.15) is 11.5 Å². The standard InChI is InChI=1S/C5H8NOS.FHO3S/c1-6-5(7-2)3-4-8-6;1-5(2,3)4/h3-4H,1-2H3;(H,2,3,4)/q+1;/p-1. The van der Waals surface area contributed by atoms with Crippen LogP contribution in [0.2, 0.25) is 0 Å². The molecule has 5 nitrogen and oxygen atoms in total. The molecule has 0 aromatic carbocycles. The van der Waals surface area contributed by atoms with E-state index in [1.54, 1.807) is 18.6 Å². The van der Waals surface area contributed by atoms with Crippen LogP contribution < -0.4 is 8.69 Å². The van der Waals surface area contributed by atoms with Crippen LogP contribution in [0, 0.1) is 0 Å². The van der Waals surface area contributed by atoms with Crippen molar-refractivity contribution >= 4 is 22.0 Å². The highest BCUT2D eigenvalue weighted by Gasteiger charge is 2.04. The van der Waals surface area contributed by atoms with Crippen molar-refractivity contribution in [3.8, 4) is 5.88 Å². The minimum atomic E-state index is -5.42. The predicted molar refractivity (Wildman–Crippen MR) is 42.9 cm³/mol. The summed E-state index contributed by atoms with van der Waals surface area (Å²) >= 11 is 1.62. The molecule has 0 bridgehead atoms. The molecule has 0 aliphatic rings. The van der Waals surface area contributed by atoms with Crippen LogP contribution in [-0.2, 0) is 17.6 Å². The van der Waals surface area contributed by atoms with Gasteiger partial charge in [0.25, 0.3) is 10.5 Å². The van der Waals surface area contributed by atoms with Gasteiger partial charge in [-0.25, -0.2) is 8.42 Å². The lowest BCUT2D eigenvalue weighted by Crippen LogP contribution is -2.22. The Morgan fingerprint density at radius 2 is 2.15 bits per heavy atom. The molecule has 0 spiro atoms. The molecule has 1 heterocycles. The number of methoxy groups -OCH3 is 1. The minimum Gasteiger partial charge on any atom is -0.722 e. The molecule has 1 aromatic heterocycles. The van der Waals surface area contributed by atoms with Crippen molar-refractivity contribution < 1.29 is 25.5 Å². The molecule has 8 heteroatoms. The highest BCUT2D eigenvalue weighted by molar-refractivity contribution is 7.80. The Kier molecular flexibility index (Phi) is 4.81. The summed E-state index contributed by atoms with van der Waals surface area (Å²) in [5, 5.41) is 1.98. The van der Waals surface area contributed by atoms with Gasteiger partial charge in [0.15, 0.2) is 7.05 Å². The number of aromatic nitrogens is 1. The van der Waals surface area contributed by atoms with Crippen molar-refractivity contribution in [3.63, 3.8) is 0 Å². The molecule has 1 rings (SSSR count). The van der Waals surface area contributed by atoms with Gasteiger partial charge < -0.3 is 9.29 Å². The van der Waals surface area contributed by atoms with Crippen molar-refractivity contribution in [2.24, 2.45) is 7.05 Å². The quantitative estimate of drug-likeness (QED) is 0.386. The fraction of sp³-hybridized carbons (Fsp3) is 0.400. The third-order valence-electron chi connectivity index (χ3n) is 0.949. The van der Waals surface area contributed by atoms with Gasteiger partial charge in [-0.05, 0) is 0 Å². The molecule has 0 saturated heterocycles. The Labute approximate surface area is 79.6 Å². The molecule has 0 atom stereocenters. The monoisotopic (exact) mass is 229 g/mol. The topological polar surface area (TPSA) is 70.3 Å². The molecule has 13 heavy (non-hydrogen) atoms. The third-order valence-corrected chi connectivity index (χ3v) is 1.70. The first-order valence-electron chi connectivity index (χ1n) is 2.98. The van der Waals surface area contributed by atoms with E-state index < -0.39 is 10.5 Å². The average Bonchev–Trinajstić information content (AvgIpc) is 2.31. The lowest BCUT2D eigenvalue weighted by molar-refractivity contribution is -0.607. The summed E-state index contributed by atoms with van der Waals surface area (Å²) in [6, 6.07) is 1.94. The van der Waals surface area contributed by atoms with Crippen LogP contribution in [0.5, 0.6) is 5.88 Å². The third kappa shape index (κ3) is 7.62. The molecule has 0 radical (unpaired) electrons. The molecule has 0 saturated carbocycles. The van der Waals surface area contributed by atoms with Gasteiger partial charge in [0, 0.05) is 0 Å². The number of nitrogens with zero attached hydrogens (tertiary/aromatic N) is 1. The number of aryl methyl sites for hydroxylation is 1. The Bertz CT molecular complexity index is 339. The summed E-state index contributed by atoms with van der Waals surface area (Å²) in [4.78, 5) is 0. The first-order chi connectivity index (χ1) is 5.84. The van der Waals surface area contributed by atoms with Gasteiger partial charge in [-0.15, -0.1) is 7.84 Å². The maximum absolute atomic E-state index is 10.1. The lowest BCUT2D eigenvalue weighted by atomic mass is 10.7. The second-order valence-electron chi connectivity index (χ2n) is 1.84. The molecule has 0 N–H and O–H groups in total. The number of hydrogen-bond donors (Lipinski definition) is 0. The van der Waals surface area contributed by atoms with E-state index in [9.17, 15) is 3.89 Å². The van der Waals surface area contributed by atoms with E-state index in [0.29, 0.717) is 0 Å². The van der Waals surface area contributed by atoms with Crippen molar-refractivity contribution in [2.45, 2.75) is 0 Å².